The number of benzene rings is 2. The van der Waals surface area contributed by atoms with Crippen molar-refractivity contribution in [3.63, 3.8) is 0 Å². The van der Waals surface area contributed by atoms with Crippen LogP contribution in [0.4, 0.5) is 0 Å². The van der Waals surface area contributed by atoms with Crippen LogP contribution in [-0.4, -0.2) is 50.2 Å². The van der Waals surface area contributed by atoms with Crippen molar-refractivity contribution >= 4 is 22.8 Å². The van der Waals surface area contributed by atoms with Crippen LogP contribution in [-0.2, 0) is 27.3 Å². The van der Waals surface area contributed by atoms with E-state index in [4.69, 9.17) is 9.47 Å². The van der Waals surface area contributed by atoms with Gasteiger partial charge in [0.05, 0.1) is 18.4 Å². The van der Waals surface area contributed by atoms with E-state index in [-0.39, 0.29) is 18.5 Å². The molecular formula is C28H28N4O6. The minimum absolute atomic E-state index is 0.0238. The van der Waals surface area contributed by atoms with Gasteiger partial charge in [-0.25, -0.2) is 9.67 Å². The SMILES string of the molecule is COc1ccc(-c2ccc(CC[C@@H](OC(C)=O)[C@H](CCn3nnc4ccccc4c3=O)C(=O)O)cc2)cn1. The predicted molar refractivity (Wildman–Crippen MR) is 140 cm³/mol. The quantitative estimate of drug-likeness (QED) is 0.297. The van der Waals surface area contributed by atoms with Crippen LogP contribution in [0.5, 0.6) is 5.88 Å². The third-order valence-corrected chi connectivity index (χ3v) is 6.31. The number of pyridine rings is 1. The number of aromatic nitrogens is 4. The molecule has 2 atom stereocenters. The van der Waals surface area contributed by atoms with E-state index >= 15 is 0 Å². The van der Waals surface area contributed by atoms with Gasteiger partial charge in [0.1, 0.15) is 11.6 Å². The maximum Gasteiger partial charge on any atom is 0.310 e. The Labute approximate surface area is 218 Å². The van der Waals surface area contributed by atoms with Gasteiger partial charge < -0.3 is 14.6 Å². The van der Waals surface area contributed by atoms with Gasteiger partial charge in [-0.15, -0.1) is 5.10 Å². The molecule has 0 saturated heterocycles. The summed E-state index contributed by atoms with van der Waals surface area (Å²) in [5, 5.41) is 18.3. The minimum atomic E-state index is -1.11. The van der Waals surface area contributed by atoms with Crippen molar-refractivity contribution in [2.45, 2.75) is 38.8 Å². The summed E-state index contributed by atoms with van der Waals surface area (Å²) in [7, 11) is 1.56. The number of methoxy groups -OCH3 is 1. The molecule has 0 aliphatic rings. The van der Waals surface area contributed by atoms with Crippen molar-refractivity contribution < 1.29 is 24.2 Å². The smallest absolute Gasteiger partial charge is 0.310 e. The fourth-order valence-corrected chi connectivity index (χ4v) is 4.30. The second-order valence-corrected chi connectivity index (χ2v) is 8.84. The van der Waals surface area contributed by atoms with E-state index in [1.54, 1.807) is 43.6 Å². The lowest BCUT2D eigenvalue weighted by molar-refractivity contribution is -0.157. The van der Waals surface area contributed by atoms with Crippen molar-refractivity contribution in [3.8, 4) is 17.0 Å². The molecule has 0 amide bonds. The number of carbonyl (C=O) groups is 2. The molecule has 0 radical (unpaired) electrons. The summed E-state index contributed by atoms with van der Waals surface area (Å²) in [5.74, 6) is -2.16. The number of rotatable bonds is 11. The number of fused-ring (bicyclic) bond motifs is 1. The Bertz CT molecular complexity index is 1470. The van der Waals surface area contributed by atoms with E-state index in [1.807, 2.05) is 30.3 Å². The largest absolute Gasteiger partial charge is 0.481 e. The van der Waals surface area contributed by atoms with Gasteiger partial charge in [0.2, 0.25) is 5.88 Å². The fourth-order valence-electron chi connectivity index (χ4n) is 4.30. The number of hydrogen-bond acceptors (Lipinski definition) is 8. The first-order chi connectivity index (χ1) is 18.4. The third kappa shape index (κ3) is 6.39. The van der Waals surface area contributed by atoms with Gasteiger partial charge in [-0.05, 0) is 48.6 Å². The summed E-state index contributed by atoms with van der Waals surface area (Å²) in [6, 6.07) is 18.3. The zero-order valence-corrected chi connectivity index (χ0v) is 21.1. The Morgan fingerprint density at radius 3 is 2.39 bits per heavy atom. The maximum atomic E-state index is 12.7. The summed E-state index contributed by atoms with van der Waals surface area (Å²) in [4.78, 5) is 40.9. The number of carbonyl (C=O) groups excluding carboxylic acids is 1. The molecule has 10 heteroatoms. The van der Waals surface area contributed by atoms with Crippen molar-refractivity contribution in [2.75, 3.05) is 7.11 Å². The second-order valence-electron chi connectivity index (χ2n) is 8.84. The van der Waals surface area contributed by atoms with Crippen LogP contribution < -0.4 is 10.3 Å². The Kier molecular flexibility index (Phi) is 8.42. The van der Waals surface area contributed by atoms with E-state index in [0.717, 1.165) is 21.4 Å². The zero-order chi connectivity index (χ0) is 27.1. The van der Waals surface area contributed by atoms with Crippen LogP contribution in [0.15, 0.2) is 71.7 Å². The van der Waals surface area contributed by atoms with Crippen LogP contribution in [0, 0.1) is 5.92 Å². The molecule has 2 heterocycles. The van der Waals surface area contributed by atoms with Gasteiger partial charge in [-0.2, -0.15) is 0 Å². The van der Waals surface area contributed by atoms with Crippen LogP contribution in [0.25, 0.3) is 22.0 Å². The minimum Gasteiger partial charge on any atom is -0.481 e. The number of ether oxygens (including phenoxy) is 2. The highest BCUT2D eigenvalue weighted by atomic mass is 16.5. The summed E-state index contributed by atoms with van der Waals surface area (Å²) in [6.07, 6.45) is 1.70. The molecule has 0 bridgehead atoms. The van der Waals surface area contributed by atoms with Gasteiger partial charge in [-0.1, -0.05) is 41.6 Å². The highest BCUT2D eigenvalue weighted by Gasteiger charge is 2.30. The highest BCUT2D eigenvalue weighted by molar-refractivity contribution is 5.76. The van der Waals surface area contributed by atoms with E-state index in [0.29, 0.717) is 29.6 Å². The Hall–Kier alpha value is -4.60. The molecule has 1 N–H and O–H groups in total. The number of aryl methyl sites for hydroxylation is 2. The molecule has 2 aromatic heterocycles. The Morgan fingerprint density at radius 1 is 1.00 bits per heavy atom. The molecule has 0 aliphatic heterocycles. The normalized spacial score (nSPS) is 12.6. The average Bonchev–Trinajstić information content (AvgIpc) is 2.93. The van der Waals surface area contributed by atoms with E-state index in [2.05, 4.69) is 15.3 Å². The molecule has 0 fully saturated rings. The summed E-state index contributed by atoms with van der Waals surface area (Å²) < 4.78 is 11.7. The van der Waals surface area contributed by atoms with Crippen molar-refractivity contribution in [3.05, 3.63) is 82.8 Å². The van der Waals surface area contributed by atoms with E-state index < -0.39 is 24.0 Å². The lowest BCUT2D eigenvalue weighted by Crippen LogP contribution is -2.35. The molecule has 38 heavy (non-hydrogen) atoms. The van der Waals surface area contributed by atoms with Gasteiger partial charge in [0.25, 0.3) is 5.56 Å². The zero-order valence-electron chi connectivity index (χ0n) is 21.1. The van der Waals surface area contributed by atoms with Gasteiger partial charge >= 0.3 is 11.9 Å². The summed E-state index contributed by atoms with van der Waals surface area (Å²) in [6.45, 7) is 1.28. The van der Waals surface area contributed by atoms with Crippen LogP contribution in [0.3, 0.4) is 0 Å². The molecule has 0 unspecified atom stereocenters. The predicted octanol–water partition coefficient (Wildman–Crippen LogP) is 3.52. The maximum absolute atomic E-state index is 12.7. The first-order valence-corrected chi connectivity index (χ1v) is 12.2. The molecule has 0 saturated carbocycles. The first kappa shape index (κ1) is 26.5. The number of nitrogens with zero attached hydrogens (tertiary/aromatic N) is 4. The average molecular weight is 517 g/mol. The summed E-state index contributed by atoms with van der Waals surface area (Å²) in [5.41, 5.74) is 3.00. The van der Waals surface area contributed by atoms with Crippen LogP contribution in [0.2, 0.25) is 0 Å². The van der Waals surface area contributed by atoms with Crippen LogP contribution in [0.1, 0.15) is 25.3 Å². The van der Waals surface area contributed by atoms with Gasteiger partial charge in [0, 0.05) is 31.3 Å². The molecule has 196 valence electrons. The standard InChI is InChI=1S/C28H28N4O6/c1-18(33)38-25(13-9-19-7-10-20(11-8-19)21-12-14-26(37-2)29-17-21)23(28(35)36)15-16-32-27(34)22-5-3-4-6-24(22)30-31-32/h3-8,10-12,14,17,23,25H,9,13,15-16H2,1-2H3,(H,35,36)/t23-,25+/m0/s1. The second kappa shape index (κ2) is 12.1. The van der Waals surface area contributed by atoms with Crippen LogP contribution >= 0.6 is 0 Å². The van der Waals surface area contributed by atoms with Gasteiger partial charge in [0.15, 0.2) is 0 Å². The van der Waals surface area contributed by atoms with E-state index in [9.17, 15) is 19.5 Å². The topological polar surface area (TPSA) is 134 Å². The molecular weight excluding hydrogens is 488 g/mol. The third-order valence-electron chi connectivity index (χ3n) is 6.31. The summed E-state index contributed by atoms with van der Waals surface area (Å²) >= 11 is 0. The lowest BCUT2D eigenvalue weighted by Gasteiger charge is -2.24. The Morgan fingerprint density at radius 2 is 1.74 bits per heavy atom. The molecule has 2 aromatic carbocycles. The molecule has 4 aromatic rings. The first-order valence-electron chi connectivity index (χ1n) is 12.2. The molecule has 10 nitrogen and oxygen atoms in total. The molecule has 0 spiro atoms. The Balaban J connectivity index is 1.45. The number of aliphatic carboxylic acids is 1. The monoisotopic (exact) mass is 516 g/mol. The number of esters is 1. The number of hydrogen-bond donors (Lipinski definition) is 1. The number of carboxylic acids is 1. The fraction of sp³-hybridized carbons (Fsp3) is 0.286. The van der Waals surface area contributed by atoms with Crippen molar-refractivity contribution in [1.82, 2.24) is 20.0 Å². The highest BCUT2D eigenvalue weighted by Crippen LogP contribution is 2.23. The van der Waals surface area contributed by atoms with E-state index in [1.165, 1.54) is 6.92 Å². The van der Waals surface area contributed by atoms with Crippen molar-refractivity contribution in [2.24, 2.45) is 5.92 Å². The molecule has 4 rings (SSSR count). The number of carboxylic acid groups (broad SMARTS) is 1. The molecule has 0 aliphatic carbocycles. The van der Waals surface area contributed by atoms with Crippen molar-refractivity contribution in [1.29, 1.82) is 0 Å². The van der Waals surface area contributed by atoms with Gasteiger partial charge in [-0.3, -0.25) is 14.4 Å². The lowest BCUT2D eigenvalue weighted by atomic mass is 9.92.